The van der Waals surface area contributed by atoms with E-state index >= 15 is 0 Å². The van der Waals surface area contributed by atoms with Gasteiger partial charge in [-0.05, 0) is 44.2 Å². The molecule has 1 saturated carbocycles. The van der Waals surface area contributed by atoms with Gasteiger partial charge in [0.05, 0.1) is 5.60 Å². The van der Waals surface area contributed by atoms with E-state index in [0.29, 0.717) is 12.1 Å². The Hall–Kier alpha value is -0.570. The number of nitrogens with one attached hydrogen (secondary N) is 1. The third kappa shape index (κ3) is 3.03. The Labute approximate surface area is 126 Å². The summed E-state index contributed by atoms with van der Waals surface area (Å²) in [7, 11) is 0. The third-order valence-electron chi connectivity index (χ3n) is 4.87. The van der Waals surface area contributed by atoms with Gasteiger partial charge in [0.25, 0.3) is 0 Å². The highest BCUT2D eigenvalue weighted by molar-refractivity contribution is 6.31. The summed E-state index contributed by atoms with van der Waals surface area (Å²) >= 11 is 6.29. The fourth-order valence-electron chi connectivity index (χ4n) is 3.81. The topological polar surface area (TPSA) is 21.3 Å². The first-order valence-corrected chi connectivity index (χ1v) is 8.21. The SMILES string of the molecule is C[C@H](NC1CCOC2(CCCC2)C1)c1ccccc1Cl. The van der Waals surface area contributed by atoms with Gasteiger partial charge in [0.15, 0.2) is 0 Å². The van der Waals surface area contributed by atoms with Crippen LogP contribution in [0.2, 0.25) is 5.02 Å². The van der Waals surface area contributed by atoms with Crippen molar-refractivity contribution in [2.75, 3.05) is 6.61 Å². The molecule has 3 rings (SSSR count). The standard InChI is InChI=1S/C17H24ClNO/c1-13(15-6-2-3-7-16(15)18)19-14-8-11-20-17(12-14)9-4-5-10-17/h2-3,6-7,13-14,19H,4-5,8-12H2,1H3/t13-,14?/m0/s1. The minimum atomic E-state index is 0.177. The Balaban J connectivity index is 1.64. The van der Waals surface area contributed by atoms with Crippen molar-refractivity contribution in [1.82, 2.24) is 5.32 Å². The van der Waals surface area contributed by atoms with Crippen LogP contribution in [-0.2, 0) is 4.74 Å². The van der Waals surface area contributed by atoms with Gasteiger partial charge in [-0.1, -0.05) is 42.6 Å². The van der Waals surface area contributed by atoms with Crippen LogP contribution in [0.1, 0.15) is 57.1 Å². The van der Waals surface area contributed by atoms with Gasteiger partial charge in [-0.25, -0.2) is 0 Å². The van der Waals surface area contributed by atoms with Crippen LogP contribution in [0.3, 0.4) is 0 Å². The largest absolute Gasteiger partial charge is 0.375 e. The Kier molecular flexibility index (Phi) is 4.34. The smallest absolute Gasteiger partial charge is 0.0697 e. The summed E-state index contributed by atoms with van der Waals surface area (Å²) in [6.07, 6.45) is 7.40. The molecule has 0 bridgehead atoms. The van der Waals surface area contributed by atoms with Gasteiger partial charge in [-0.3, -0.25) is 0 Å². The molecule has 0 aromatic heterocycles. The van der Waals surface area contributed by atoms with Crippen LogP contribution >= 0.6 is 11.6 Å². The monoisotopic (exact) mass is 293 g/mol. The zero-order valence-electron chi connectivity index (χ0n) is 12.2. The van der Waals surface area contributed by atoms with E-state index in [1.54, 1.807) is 0 Å². The molecule has 2 nitrogen and oxygen atoms in total. The molecule has 1 unspecified atom stereocenters. The lowest BCUT2D eigenvalue weighted by Gasteiger charge is -2.39. The molecule has 1 saturated heterocycles. The predicted octanol–water partition coefficient (Wildman–Crippen LogP) is 4.48. The molecule has 2 aliphatic rings. The zero-order chi connectivity index (χ0) is 14.0. The van der Waals surface area contributed by atoms with E-state index in [-0.39, 0.29) is 5.60 Å². The first-order chi connectivity index (χ1) is 9.69. The first-order valence-electron chi connectivity index (χ1n) is 7.83. The molecule has 1 aromatic carbocycles. The molecule has 2 atom stereocenters. The predicted molar refractivity (Wildman–Crippen MR) is 83.2 cm³/mol. The quantitative estimate of drug-likeness (QED) is 0.887. The summed E-state index contributed by atoms with van der Waals surface area (Å²) in [6.45, 7) is 3.10. The molecular formula is C17H24ClNO. The lowest BCUT2D eigenvalue weighted by molar-refractivity contribution is -0.0846. The maximum absolute atomic E-state index is 6.29. The van der Waals surface area contributed by atoms with Gasteiger partial charge in [-0.2, -0.15) is 0 Å². The fourth-order valence-corrected chi connectivity index (χ4v) is 4.11. The van der Waals surface area contributed by atoms with E-state index in [9.17, 15) is 0 Å². The maximum Gasteiger partial charge on any atom is 0.0697 e. The van der Waals surface area contributed by atoms with Crippen LogP contribution < -0.4 is 5.32 Å². The van der Waals surface area contributed by atoms with Gasteiger partial charge in [0.2, 0.25) is 0 Å². The van der Waals surface area contributed by atoms with Crippen LogP contribution in [0, 0.1) is 0 Å². The summed E-state index contributed by atoms with van der Waals surface area (Å²) < 4.78 is 6.10. The molecule has 0 radical (unpaired) electrons. The Morgan fingerprint density at radius 1 is 1.30 bits per heavy atom. The molecule has 110 valence electrons. The van der Waals surface area contributed by atoms with Crippen LogP contribution in [0.25, 0.3) is 0 Å². The summed E-state index contributed by atoms with van der Waals surface area (Å²) in [5.74, 6) is 0. The fraction of sp³-hybridized carbons (Fsp3) is 0.647. The summed E-state index contributed by atoms with van der Waals surface area (Å²) in [6, 6.07) is 8.98. The van der Waals surface area contributed by atoms with Gasteiger partial charge >= 0.3 is 0 Å². The molecule has 1 aliphatic carbocycles. The minimum absolute atomic E-state index is 0.177. The molecule has 1 aromatic rings. The molecule has 1 N–H and O–H groups in total. The molecule has 20 heavy (non-hydrogen) atoms. The normalized spacial score (nSPS) is 26.8. The molecule has 3 heteroatoms. The second-order valence-corrected chi connectivity index (χ2v) is 6.75. The molecule has 0 amide bonds. The molecule has 1 heterocycles. The Morgan fingerprint density at radius 3 is 2.80 bits per heavy atom. The van der Waals surface area contributed by atoms with E-state index in [1.165, 1.54) is 31.2 Å². The second kappa shape index (κ2) is 6.05. The summed E-state index contributed by atoms with van der Waals surface area (Å²) in [5.41, 5.74) is 1.37. The van der Waals surface area contributed by atoms with Gasteiger partial charge in [0.1, 0.15) is 0 Å². The molecule has 1 spiro atoms. The zero-order valence-corrected chi connectivity index (χ0v) is 13.0. The minimum Gasteiger partial charge on any atom is -0.375 e. The second-order valence-electron chi connectivity index (χ2n) is 6.34. The highest BCUT2D eigenvalue weighted by atomic mass is 35.5. The average Bonchev–Trinajstić information content (AvgIpc) is 2.87. The number of hydrogen-bond acceptors (Lipinski definition) is 2. The van der Waals surface area contributed by atoms with Crippen LogP contribution in [-0.4, -0.2) is 18.2 Å². The van der Waals surface area contributed by atoms with Crippen molar-refractivity contribution in [3.05, 3.63) is 34.9 Å². The van der Waals surface area contributed by atoms with Crippen molar-refractivity contribution < 1.29 is 4.74 Å². The number of halogens is 1. The van der Waals surface area contributed by atoms with Crippen LogP contribution in [0.4, 0.5) is 0 Å². The lowest BCUT2D eigenvalue weighted by atomic mass is 9.88. The van der Waals surface area contributed by atoms with Crippen molar-refractivity contribution in [3.8, 4) is 0 Å². The average molecular weight is 294 g/mol. The maximum atomic E-state index is 6.29. The van der Waals surface area contributed by atoms with E-state index in [1.807, 2.05) is 12.1 Å². The highest BCUT2D eigenvalue weighted by Crippen LogP contribution is 2.40. The van der Waals surface area contributed by atoms with Crippen molar-refractivity contribution in [1.29, 1.82) is 0 Å². The number of benzene rings is 1. The van der Waals surface area contributed by atoms with Crippen molar-refractivity contribution in [2.45, 2.75) is 63.1 Å². The van der Waals surface area contributed by atoms with E-state index in [0.717, 1.165) is 24.5 Å². The van der Waals surface area contributed by atoms with Gasteiger partial charge in [-0.15, -0.1) is 0 Å². The van der Waals surface area contributed by atoms with Crippen molar-refractivity contribution >= 4 is 11.6 Å². The van der Waals surface area contributed by atoms with Crippen molar-refractivity contribution in [3.63, 3.8) is 0 Å². The number of ether oxygens (including phenoxy) is 1. The van der Waals surface area contributed by atoms with Gasteiger partial charge < -0.3 is 10.1 Å². The third-order valence-corrected chi connectivity index (χ3v) is 5.21. The molecular weight excluding hydrogens is 270 g/mol. The van der Waals surface area contributed by atoms with E-state index in [4.69, 9.17) is 16.3 Å². The first kappa shape index (κ1) is 14.4. The van der Waals surface area contributed by atoms with Gasteiger partial charge in [0, 0.05) is 23.7 Å². The molecule has 2 fully saturated rings. The highest BCUT2D eigenvalue weighted by Gasteiger charge is 2.40. The lowest BCUT2D eigenvalue weighted by Crippen LogP contribution is -2.46. The van der Waals surface area contributed by atoms with Crippen LogP contribution in [0.5, 0.6) is 0 Å². The van der Waals surface area contributed by atoms with Crippen molar-refractivity contribution in [2.24, 2.45) is 0 Å². The Morgan fingerprint density at radius 2 is 2.05 bits per heavy atom. The van der Waals surface area contributed by atoms with Crippen LogP contribution in [0.15, 0.2) is 24.3 Å². The Bertz CT molecular complexity index is 456. The summed E-state index contributed by atoms with van der Waals surface area (Å²) in [5, 5.41) is 4.62. The summed E-state index contributed by atoms with van der Waals surface area (Å²) in [4.78, 5) is 0. The molecule has 1 aliphatic heterocycles. The number of rotatable bonds is 3. The number of hydrogen-bond donors (Lipinski definition) is 1. The van der Waals surface area contributed by atoms with E-state index in [2.05, 4.69) is 24.4 Å². The van der Waals surface area contributed by atoms with E-state index < -0.39 is 0 Å².